The van der Waals surface area contributed by atoms with Crippen LogP contribution in [0.1, 0.15) is 27.9 Å². The quantitative estimate of drug-likeness (QED) is 0.921. The van der Waals surface area contributed by atoms with Gasteiger partial charge in [-0.15, -0.1) is 0 Å². The first-order chi connectivity index (χ1) is 11.3. The Morgan fingerprint density at radius 1 is 1.38 bits per heavy atom. The van der Waals surface area contributed by atoms with Gasteiger partial charge in [0.15, 0.2) is 0 Å². The van der Waals surface area contributed by atoms with Gasteiger partial charge in [-0.1, -0.05) is 12.1 Å². The third kappa shape index (κ3) is 3.66. The number of benzene rings is 1. The molecule has 0 aliphatic carbocycles. The molecule has 2 aromatic rings. The normalized spacial score (nSPS) is 10.3. The lowest BCUT2D eigenvalue weighted by Gasteiger charge is -2.10. The van der Waals surface area contributed by atoms with Gasteiger partial charge in [0.25, 0.3) is 5.56 Å². The molecule has 124 valence electrons. The van der Waals surface area contributed by atoms with Crippen LogP contribution in [0.2, 0.25) is 0 Å². The molecule has 1 amide bonds. The van der Waals surface area contributed by atoms with Crippen LogP contribution in [0.4, 0.5) is 4.39 Å². The van der Waals surface area contributed by atoms with Crippen molar-refractivity contribution in [1.82, 2.24) is 15.1 Å². The van der Waals surface area contributed by atoms with Crippen molar-refractivity contribution in [2.75, 3.05) is 0 Å². The highest BCUT2D eigenvalue weighted by atomic mass is 19.1. The molecule has 1 heterocycles. The summed E-state index contributed by atoms with van der Waals surface area (Å²) in [5.41, 5.74) is 1.55. The molecule has 0 fully saturated rings. The Morgan fingerprint density at radius 2 is 2.08 bits per heavy atom. The highest BCUT2D eigenvalue weighted by molar-refractivity contribution is 5.75. The summed E-state index contributed by atoms with van der Waals surface area (Å²) in [5, 5.41) is 15.7. The van der Waals surface area contributed by atoms with Crippen molar-refractivity contribution < 1.29 is 9.18 Å². The van der Waals surface area contributed by atoms with Gasteiger partial charge in [0, 0.05) is 6.54 Å². The molecule has 0 aliphatic rings. The molecule has 0 saturated heterocycles. The SMILES string of the molecule is Cc1ccc(CNC(=O)Cn2nc(C)c(C)c(C#N)c2=O)cc1F. The Bertz CT molecular complexity index is 897. The lowest BCUT2D eigenvalue weighted by Crippen LogP contribution is -2.35. The van der Waals surface area contributed by atoms with E-state index in [0.717, 1.165) is 4.68 Å². The monoisotopic (exact) mass is 328 g/mol. The number of nitrogens with one attached hydrogen (secondary N) is 1. The molecule has 1 N–H and O–H groups in total. The maximum Gasteiger partial charge on any atom is 0.285 e. The molecule has 0 spiro atoms. The van der Waals surface area contributed by atoms with E-state index >= 15 is 0 Å². The zero-order chi connectivity index (χ0) is 17.9. The van der Waals surface area contributed by atoms with E-state index in [0.29, 0.717) is 22.4 Å². The largest absolute Gasteiger partial charge is 0.350 e. The lowest BCUT2D eigenvalue weighted by atomic mass is 10.1. The molecule has 0 aliphatic heterocycles. The Balaban J connectivity index is 2.10. The first kappa shape index (κ1) is 17.3. The van der Waals surface area contributed by atoms with Crippen molar-refractivity contribution in [3.05, 3.63) is 62.3 Å². The van der Waals surface area contributed by atoms with E-state index in [1.54, 1.807) is 32.9 Å². The average molecular weight is 328 g/mol. The average Bonchev–Trinajstić information content (AvgIpc) is 2.54. The molecule has 24 heavy (non-hydrogen) atoms. The predicted molar refractivity (Wildman–Crippen MR) is 85.7 cm³/mol. The summed E-state index contributed by atoms with van der Waals surface area (Å²) in [6, 6.07) is 6.54. The summed E-state index contributed by atoms with van der Waals surface area (Å²) in [4.78, 5) is 24.1. The highest BCUT2D eigenvalue weighted by Crippen LogP contribution is 2.09. The molecule has 7 heteroatoms. The number of aromatic nitrogens is 2. The lowest BCUT2D eigenvalue weighted by molar-refractivity contribution is -0.122. The van der Waals surface area contributed by atoms with E-state index in [-0.39, 0.29) is 24.5 Å². The zero-order valence-corrected chi connectivity index (χ0v) is 13.7. The second kappa shape index (κ2) is 7.04. The fourth-order valence-electron chi connectivity index (χ4n) is 2.15. The summed E-state index contributed by atoms with van der Waals surface area (Å²) in [6.07, 6.45) is 0. The number of halogens is 1. The topological polar surface area (TPSA) is 87.8 Å². The van der Waals surface area contributed by atoms with Crippen molar-refractivity contribution in [3.8, 4) is 6.07 Å². The smallest absolute Gasteiger partial charge is 0.285 e. The molecule has 2 rings (SSSR count). The van der Waals surface area contributed by atoms with Crippen LogP contribution in [-0.4, -0.2) is 15.7 Å². The van der Waals surface area contributed by atoms with E-state index in [1.165, 1.54) is 6.07 Å². The van der Waals surface area contributed by atoms with Gasteiger partial charge >= 0.3 is 0 Å². The van der Waals surface area contributed by atoms with Gasteiger partial charge < -0.3 is 5.32 Å². The van der Waals surface area contributed by atoms with E-state index in [4.69, 9.17) is 5.26 Å². The number of nitriles is 1. The third-order valence-electron chi connectivity index (χ3n) is 3.77. The Morgan fingerprint density at radius 3 is 2.71 bits per heavy atom. The van der Waals surface area contributed by atoms with Crippen molar-refractivity contribution in [2.45, 2.75) is 33.9 Å². The molecule has 1 aromatic carbocycles. The summed E-state index contributed by atoms with van der Waals surface area (Å²) >= 11 is 0. The van der Waals surface area contributed by atoms with Crippen LogP contribution in [0, 0.1) is 37.9 Å². The number of carbonyl (C=O) groups excluding carboxylic acids is 1. The second-order valence-corrected chi connectivity index (χ2v) is 5.52. The van der Waals surface area contributed by atoms with Gasteiger partial charge in [-0.05, 0) is 43.5 Å². The first-order valence-corrected chi connectivity index (χ1v) is 7.33. The molecule has 0 bridgehead atoms. The van der Waals surface area contributed by atoms with Crippen LogP contribution < -0.4 is 10.9 Å². The Kier molecular flexibility index (Phi) is 5.09. The van der Waals surface area contributed by atoms with E-state index in [1.807, 2.05) is 6.07 Å². The highest BCUT2D eigenvalue weighted by Gasteiger charge is 2.13. The predicted octanol–water partition coefficient (Wildman–Crippen LogP) is 1.50. The van der Waals surface area contributed by atoms with Crippen molar-refractivity contribution >= 4 is 5.91 Å². The van der Waals surface area contributed by atoms with E-state index in [2.05, 4.69) is 10.4 Å². The van der Waals surface area contributed by atoms with Crippen LogP contribution in [0.15, 0.2) is 23.0 Å². The molecular weight excluding hydrogens is 311 g/mol. The van der Waals surface area contributed by atoms with Gasteiger partial charge in [0.2, 0.25) is 5.91 Å². The van der Waals surface area contributed by atoms with Crippen LogP contribution in [0.25, 0.3) is 0 Å². The van der Waals surface area contributed by atoms with Crippen LogP contribution in [0.5, 0.6) is 0 Å². The molecule has 0 radical (unpaired) electrons. The Labute approximate surface area is 138 Å². The van der Waals surface area contributed by atoms with E-state index < -0.39 is 11.5 Å². The standard InChI is InChI=1S/C17H17FN4O2/c1-10-4-5-13(6-15(10)18)8-20-16(23)9-22-17(24)14(7-19)11(2)12(3)21-22/h4-6H,8-9H2,1-3H3,(H,20,23). The zero-order valence-electron chi connectivity index (χ0n) is 13.7. The molecule has 1 aromatic heterocycles. The van der Waals surface area contributed by atoms with Crippen LogP contribution in [0.3, 0.4) is 0 Å². The Hall–Kier alpha value is -3.01. The molecule has 0 unspecified atom stereocenters. The summed E-state index contributed by atoms with van der Waals surface area (Å²) in [7, 11) is 0. The number of nitrogens with zero attached hydrogens (tertiary/aromatic N) is 3. The number of hydrogen-bond donors (Lipinski definition) is 1. The van der Waals surface area contributed by atoms with Crippen LogP contribution in [-0.2, 0) is 17.9 Å². The summed E-state index contributed by atoms with van der Waals surface area (Å²) in [5.74, 6) is -0.787. The van der Waals surface area contributed by atoms with Gasteiger partial charge in [0.05, 0.1) is 5.69 Å². The number of rotatable bonds is 4. The van der Waals surface area contributed by atoms with Gasteiger partial charge in [-0.25, -0.2) is 9.07 Å². The minimum atomic E-state index is -0.600. The minimum Gasteiger partial charge on any atom is -0.350 e. The van der Waals surface area contributed by atoms with Crippen molar-refractivity contribution in [1.29, 1.82) is 5.26 Å². The number of carbonyl (C=O) groups is 1. The minimum absolute atomic E-state index is 0.0177. The maximum absolute atomic E-state index is 13.5. The third-order valence-corrected chi connectivity index (χ3v) is 3.77. The fourth-order valence-corrected chi connectivity index (χ4v) is 2.15. The van der Waals surface area contributed by atoms with Gasteiger partial charge in [-0.3, -0.25) is 9.59 Å². The van der Waals surface area contributed by atoms with Crippen molar-refractivity contribution in [3.63, 3.8) is 0 Å². The van der Waals surface area contributed by atoms with Crippen LogP contribution >= 0.6 is 0 Å². The molecule has 0 atom stereocenters. The maximum atomic E-state index is 13.5. The second-order valence-electron chi connectivity index (χ2n) is 5.52. The number of aryl methyl sites for hydroxylation is 2. The van der Waals surface area contributed by atoms with Gasteiger partial charge in [-0.2, -0.15) is 10.4 Å². The summed E-state index contributed by atoms with van der Waals surface area (Å²) in [6.45, 7) is 4.80. The molecule has 6 nitrogen and oxygen atoms in total. The number of amides is 1. The number of hydrogen-bond acceptors (Lipinski definition) is 4. The van der Waals surface area contributed by atoms with E-state index in [9.17, 15) is 14.0 Å². The summed E-state index contributed by atoms with van der Waals surface area (Å²) < 4.78 is 14.4. The first-order valence-electron chi connectivity index (χ1n) is 7.33. The van der Waals surface area contributed by atoms with Gasteiger partial charge in [0.1, 0.15) is 24.0 Å². The van der Waals surface area contributed by atoms with Crippen molar-refractivity contribution in [2.24, 2.45) is 0 Å². The molecule has 0 saturated carbocycles. The molecular formula is C17H17FN4O2. The fraction of sp³-hybridized carbons (Fsp3) is 0.294.